The Morgan fingerprint density at radius 2 is 1.92 bits per heavy atom. The van der Waals surface area contributed by atoms with E-state index in [0.29, 0.717) is 5.56 Å². The molecule has 0 N–H and O–H groups in total. The van der Waals surface area contributed by atoms with Crippen LogP contribution in [0.4, 0.5) is 8.78 Å². The van der Waals surface area contributed by atoms with Crippen LogP contribution in [0.3, 0.4) is 0 Å². The van der Waals surface area contributed by atoms with Gasteiger partial charge in [-0.05, 0) is 18.6 Å². The van der Waals surface area contributed by atoms with Gasteiger partial charge in [0.05, 0.1) is 0 Å². The largest absolute Gasteiger partial charge is 0.264 e. The van der Waals surface area contributed by atoms with Gasteiger partial charge in [0.2, 0.25) is 0 Å². The highest BCUT2D eigenvalue weighted by Gasteiger charge is 2.08. The molecule has 3 heteroatoms. The fourth-order valence-electron chi connectivity index (χ4n) is 0.729. The van der Waals surface area contributed by atoms with Crippen molar-refractivity contribution in [1.82, 2.24) is 4.98 Å². The van der Waals surface area contributed by atoms with Crippen LogP contribution in [0, 0.1) is 6.92 Å². The van der Waals surface area contributed by atoms with Gasteiger partial charge in [-0.15, -0.1) is 0 Å². The van der Waals surface area contributed by atoms with E-state index in [9.17, 15) is 8.78 Å². The third-order valence-electron chi connectivity index (χ3n) is 1.30. The second-order valence-electron chi connectivity index (χ2n) is 2.03. The molecule has 0 aliphatic carbocycles. The first-order chi connectivity index (χ1) is 5.72. The standard InChI is InChI=1S/C7H7F2N.C2H6/c1-5-4-10-3-2-6(5)7(8)9;1-2/h2-4,7H,1H3;1-2H3. The Balaban J connectivity index is 0.000000561. The van der Waals surface area contributed by atoms with Gasteiger partial charge in [0.25, 0.3) is 6.43 Å². The van der Waals surface area contributed by atoms with Crippen molar-refractivity contribution in [3.63, 3.8) is 0 Å². The van der Waals surface area contributed by atoms with Gasteiger partial charge in [0.15, 0.2) is 0 Å². The molecule has 0 saturated heterocycles. The second-order valence-corrected chi connectivity index (χ2v) is 2.03. The van der Waals surface area contributed by atoms with Crippen molar-refractivity contribution >= 4 is 0 Å². The van der Waals surface area contributed by atoms with Crippen molar-refractivity contribution in [3.8, 4) is 0 Å². The van der Waals surface area contributed by atoms with Gasteiger partial charge >= 0.3 is 0 Å². The molecule has 0 amide bonds. The van der Waals surface area contributed by atoms with E-state index in [4.69, 9.17) is 0 Å². The zero-order chi connectivity index (χ0) is 9.56. The summed E-state index contributed by atoms with van der Waals surface area (Å²) in [7, 11) is 0. The van der Waals surface area contributed by atoms with Crippen LogP contribution in [0.25, 0.3) is 0 Å². The molecule has 0 spiro atoms. The number of rotatable bonds is 1. The number of alkyl halides is 2. The van der Waals surface area contributed by atoms with Crippen LogP contribution in [0.15, 0.2) is 18.5 Å². The average Bonchev–Trinajstić information content (AvgIpc) is 2.08. The zero-order valence-corrected chi connectivity index (χ0v) is 7.51. The predicted octanol–water partition coefficient (Wildman–Crippen LogP) is 3.35. The van der Waals surface area contributed by atoms with E-state index in [2.05, 4.69) is 4.98 Å². The van der Waals surface area contributed by atoms with E-state index < -0.39 is 6.43 Å². The molecule has 68 valence electrons. The minimum atomic E-state index is -2.39. The summed E-state index contributed by atoms with van der Waals surface area (Å²) in [6, 6.07) is 1.33. The first-order valence-electron chi connectivity index (χ1n) is 3.90. The maximum absolute atomic E-state index is 12.0. The molecule has 0 aliphatic rings. The van der Waals surface area contributed by atoms with Crippen molar-refractivity contribution in [2.75, 3.05) is 0 Å². The third-order valence-corrected chi connectivity index (χ3v) is 1.30. The van der Waals surface area contributed by atoms with E-state index in [1.165, 1.54) is 18.5 Å². The van der Waals surface area contributed by atoms with Gasteiger partial charge in [-0.3, -0.25) is 4.98 Å². The summed E-state index contributed by atoms with van der Waals surface area (Å²) in [5.74, 6) is 0. The van der Waals surface area contributed by atoms with Crippen molar-refractivity contribution in [2.24, 2.45) is 0 Å². The van der Waals surface area contributed by atoms with E-state index in [0.717, 1.165) is 0 Å². The quantitative estimate of drug-likeness (QED) is 0.634. The first-order valence-corrected chi connectivity index (χ1v) is 3.90. The van der Waals surface area contributed by atoms with Gasteiger partial charge in [-0.2, -0.15) is 0 Å². The lowest BCUT2D eigenvalue weighted by atomic mass is 10.2. The van der Waals surface area contributed by atoms with Crippen LogP contribution in [0.2, 0.25) is 0 Å². The predicted molar refractivity (Wildman–Crippen MR) is 45.3 cm³/mol. The maximum atomic E-state index is 12.0. The van der Waals surface area contributed by atoms with Gasteiger partial charge in [-0.1, -0.05) is 13.8 Å². The fourth-order valence-corrected chi connectivity index (χ4v) is 0.729. The monoisotopic (exact) mass is 173 g/mol. The summed E-state index contributed by atoms with van der Waals surface area (Å²) < 4.78 is 24.0. The van der Waals surface area contributed by atoms with E-state index >= 15 is 0 Å². The molecule has 0 aromatic carbocycles. The number of nitrogens with zero attached hydrogens (tertiary/aromatic N) is 1. The van der Waals surface area contributed by atoms with E-state index in [-0.39, 0.29) is 5.56 Å². The second kappa shape index (κ2) is 5.63. The summed E-state index contributed by atoms with van der Waals surface area (Å²) in [6.07, 6.45) is 0.415. The molecule has 1 aromatic rings. The molecule has 0 fully saturated rings. The Kier molecular flexibility index (Phi) is 5.17. The SMILES string of the molecule is CC.Cc1cnccc1C(F)F. The number of halogens is 2. The molecule has 1 heterocycles. The molecule has 0 bridgehead atoms. The third kappa shape index (κ3) is 2.95. The van der Waals surface area contributed by atoms with Gasteiger partial charge < -0.3 is 0 Å². The Hall–Kier alpha value is -0.990. The minimum Gasteiger partial charge on any atom is -0.264 e. The number of aryl methyl sites for hydroxylation is 1. The zero-order valence-electron chi connectivity index (χ0n) is 7.51. The highest BCUT2D eigenvalue weighted by atomic mass is 19.3. The summed E-state index contributed by atoms with van der Waals surface area (Å²) in [4.78, 5) is 3.69. The number of hydrogen-bond acceptors (Lipinski definition) is 1. The van der Waals surface area contributed by atoms with Crippen LogP contribution in [0.1, 0.15) is 31.4 Å². The van der Waals surface area contributed by atoms with Crippen LogP contribution >= 0.6 is 0 Å². The molecule has 1 aromatic heterocycles. The topological polar surface area (TPSA) is 12.9 Å². The normalized spacial score (nSPS) is 9.17. The van der Waals surface area contributed by atoms with Crippen molar-refractivity contribution < 1.29 is 8.78 Å². The molecule has 1 nitrogen and oxygen atoms in total. The molecular weight excluding hydrogens is 160 g/mol. The number of aromatic nitrogens is 1. The highest BCUT2D eigenvalue weighted by Crippen LogP contribution is 2.20. The van der Waals surface area contributed by atoms with E-state index in [1.807, 2.05) is 13.8 Å². The Labute approximate surface area is 71.4 Å². The Bertz CT molecular complexity index is 224. The fraction of sp³-hybridized carbons (Fsp3) is 0.444. The molecule has 12 heavy (non-hydrogen) atoms. The molecular formula is C9H13F2N. The van der Waals surface area contributed by atoms with Crippen molar-refractivity contribution in [1.29, 1.82) is 0 Å². The Morgan fingerprint density at radius 3 is 2.25 bits per heavy atom. The van der Waals surface area contributed by atoms with Gasteiger partial charge in [0.1, 0.15) is 0 Å². The number of hydrogen-bond donors (Lipinski definition) is 0. The summed E-state index contributed by atoms with van der Waals surface area (Å²) in [5, 5.41) is 0. The molecule has 0 unspecified atom stereocenters. The maximum Gasteiger partial charge on any atom is 0.264 e. The smallest absolute Gasteiger partial charge is 0.264 e. The summed E-state index contributed by atoms with van der Waals surface area (Å²) >= 11 is 0. The highest BCUT2D eigenvalue weighted by molar-refractivity contribution is 5.22. The molecule has 0 atom stereocenters. The number of pyridine rings is 1. The van der Waals surface area contributed by atoms with Crippen LogP contribution in [-0.4, -0.2) is 4.98 Å². The van der Waals surface area contributed by atoms with E-state index in [1.54, 1.807) is 6.92 Å². The van der Waals surface area contributed by atoms with Crippen LogP contribution < -0.4 is 0 Å². The molecule has 0 radical (unpaired) electrons. The van der Waals surface area contributed by atoms with Crippen molar-refractivity contribution in [3.05, 3.63) is 29.6 Å². The molecule has 0 saturated carbocycles. The lowest BCUT2D eigenvalue weighted by Gasteiger charge is -2.00. The van der Waals surface area contributed by atoms with Gasteiger partial charge in [0, 0.05) is 18.0 Å². The molecule has 0 aliphatic heterocycles. The summed E-state index contributed by atoms with van der Waals surface area (Å²) in [5.41, 5.74) is 0.604. The lowest BCUT2D eigenvalue weighted by molar-refractivity contribution is 0.150. The lowest BCUT2D eigenvalue weighted by Crippen LogP contribution is -1.88. The summed E-state index contributed by atoms with van der Waals surface area (Å²) in [6.45, 7) is 5.62. The Morgan fingerprint density at radius 1 is 1.33 bits per heavy atom. The van der Waals surface area contributed by atoms with Gasteiger partial charge in [-0.25, -0.2) is 8.78 Å². The first kappa shape index (κ1) is 11.0. The molecule has 1 rings (SSSR count). The van der Waals surface area contributed by atoms with Crippen LogP contribution in [0.5, 0.6) is 0 Å². The van der Waals surface area contributed by atoms with Crippen LogP contribution in [-0.2, 0) is 0 Å². The minimum absolute atomic E-state index is 0.0648. The van der Waals surface area contributed by atoms with Crippen molar-refractivity contribution in [2.45, 2.75) is 27.2 Å². The average molecular weight is 173 g/mol.